The lowest BCUT2D eigenvalue weighted by Crippen LogP contribution is -2.38. The van der Waals surface area contributed by atoms with Gasteiger partial charge in [-0.2, -0.15) is 0 Å². The standard InChI is InChI=1S/C24H27N3/c25-23-12-6-4-10-21(23)22-11-5-7-13-24(22)26-20-14-16-27(17-15-20)18-19-8-2-1-3-9-19/h1-13,20,26H,14-18,25H2. The van der Waals surface area contributed by atoms with E-state index in [1.54, 1.807) is 0 Å². The van der Waals surface area contributed by atoms with Crippen molar-refractivity contribution in [3.8, 4) is 11.1 Å². The number of nitrogens with two attached hydrogens (primary N) is 1. The lowest BCUT2D eigenvalue weighted by Gasteiger charge is -2.33. The molecule has 27 heavy (non-hydrogen) atoms. The van der Waals surface area contributed by atoms with Gasteiger partial charge in [0.25, 0.3) is 0 Å². The molecule has 138 valence electrons. The number of para-hydroxylation sites is 2. The molecule has 0 spiro atoms. The Morgan fingerprint density at radius 2 is 1.41 bits per heavy atom. The van der Waals surface area contributed by atoms with Crippen LogP contribution in [0.25, 0.3) is 11.1 Å². The molecule has 1 fully saturated rings. The maximum Gasteiger partial charge on any atom is 0.0422 e. The fourth-order valence-corrected chi connectivity index (χ4v) is 3.88. The molecule has 0 atom stereocenters. The van der Waals surface area contributed by atoms with Crippen LogP contribution in [0, 0.1) is 0 Å². The molecule has 0 bridgehead atoms. The van der Waals surface area contributed by atoms with Crippen LogP contribution in [0.2, 0.25) is 0 Å². The van der Waals surface area contributed by atoms with Gasteiger partial charge in [0, 0.05) is 48.2 Å². The molecule has 0 unspecified atom stereocenters. The van der Waals surface area contributed by atoms with Gasteiger partial charge in [-0.15, -0.1) is 0 Å². The minimum atomic E-state index is 0.503. The van der Waals surface area contributed by atoms with Crippen LogP contribution >= 0.6 is 0 Å². The molecule has 1 heterocycles. The number of nitrogen functional groups attached to an aromatic ring is 1. The molecule has 3 N–H and O–H groups in total. The number of likely N-dealkylation sites (tertiary alicyclic amines) is 1. The van der Waals surface area contributed by atoms with Crippen LogP contribution in [-0.4, -0.2) is 24.0 Å². The van der Waals surface area contributed by atoms with E-state index in [2.05, 4.69) is 70.9 Å². The number of hydrogen-bond acceptors (Lipinski definition) is 3. The van der Waals surface area contributed by atoms with Crippen molar-refractivity contribution in [3.05, 3.63) is 84.4 Å². The number of nitrogens with one attached hydrogen (secondary N) is 1. The summed E-state index contributed by atoms with van der Waals surface area (Å²) in [6.45, 7) is 3.30. The van der Waals surface area contributed by atoms with Crippen LogP contribution in [0.15, 0.2) is 78.9 Å². The number of piperidine rings is 1. The van der Waals surface area contributed by atoms with Crippen molar-refractivity contribution >= 4 is 11.4 Å². The smallest absolute Gasteiger partial charge is 0.0422 e. The normalized spacial score (nSPS) is 15.6. The van der Waals surface area contributed by atoms with Crippen LogP contribution in [0.4, 0.5) is 11.4 Å². The number of anilines is 2. The Morgan fingerprint density at radius 1 is 0.778 bits per heavy atom. The number of nitrogens with zero attached hydrogens (tertiary/aromatic N) is 1. The summed E-state index contributed by atoms with van der Waals surface area (Å²) in [5.74, 6) is 0. The molecule has 0 aliphatic carbocycles. The second kappa shape index (κ2) is 8.28. The number of benzene rings is 3. The van der Waals surface area contributed by atoms with Gasteiger partial charge in [0.15, 0.2) is 0 Å². The van der Waals surface area contributed by atoms with E-state index in [1.807, 2.05) is 18.2 Å². The van der Waals surface area contributed by atoms with Crippen molar-refractivity contribution in [3.63, 3.8) is 0 Å². The van der Waals surface area contributed by atoms with Crippen LogP contribution in [0.5, 0.6) is 0 Å². The van der Waals surface area contributed by atoms with E-state index >= 15 is 0 Å². The van der Waals surface area contributed by atoms with Crippen molar-refractivity contribution in [2.24, 2.45) is 0 Å². The summed E-state index contributed by atoms with van der Waals surface area (Å²) >= 11 is 0. The van der Waals surface area contributed by atoms with E-state index in [0.29, 0.717) is 6.04 Å². The van der Waals surface area contributed by atoms with Gasteiger partial charge in [0.05, 0.1) is 0 Å². The summed E-state index contributed by atoms with van der Waals surface area (Å²) in [5.41, 5.74) is 11.9. The van der Waals surface area contributed by atoms with Crippen molar-refractivity contribution < 1.29 is 0 Å². The van der Waals surface area contributed by atoms with Gasteiger partial charge >= 0.3 is 0 Å². The third kappa shape index (κ3) is 4.32. The van der Waals surface area contributed by atoms with Crippen LogP contribution in [0.3, 0.4) is 0 Å². The van der Waals surface area contributed by atoms with E-state index in [-0.39, 0.29) is 0 Å². The topological polar surface area (TPSA) is 41.3 Å². The first-order chi connectivity index (χ1) is 13.3. The first kappa shape index (κ1) is 17.6. The first-order valence-corrected chi connectivity index (χ1v) is 9.76. The molecule has 3 aromatic carbocycles. The molecular weight excluding hydrogens is 330 g/mol. The Labute approximate surface area is 161 Å². The van der Waals surface area contributed by atoms with Crippen LogP contribution < -0.4 is 11.1 Å². The Hall–Kier alpha value is -2.78. The second-order valence-electron chi connectivity index (χ2n) is 7.31. The summed E-state index contributed by atoms with van der Waals surface area (Å²) in [6.07, 6.45) is 2.32. The highest BCUT2D eigenvalue weighted by molar-refractivity contribution is 5.85. The summed E-state index contributed by atoms with van der Waals surface area (Å²) in [4.78, 5) is 2.55. The first-order valence-electron chi connectivity index (χ1n) is 9.76. The summed E-state index contributed by atoms with van der Waals surface area (Å²) in [5, 5.41) is 3.78. The van der Waals surface area contributed by atoms with Crippen molar-refractivity contribution in [2.45, 2.75) is 25.4 Å². The summed E-state index contributed by atoms with van der Waals surface area (Å²) in [6, 6.07) is 27.8. The van der Waals surface area contributed by atoms with Gasteiger partial charge in [0.1, 0.15) is 0 Å². The highest BCUT2D eigenvalue weighted by Crippen LogP contribution is 2.33. The monoisotopic (exact) mass is 357 g/mol. The van der Waals surface area contributed by atoms with E-state index in [0.717, 1.165) is 43.7 Å². The fourth-order valence-electron chi connectivity index (χ4n) is 3.88. The molecule has 3 nitrogen and oxygen atoms in total. The molecule has 3 heteroatoms. The van der Waals surface area contributed by atoms with Gasteiger partial charge in [-0.1, -0.05) is 66.7 Å². The minimum absolute atomic E-state index is 0.503. The van der Waals surface area contributed by atoms with Gasteiger partial charge in [-0.3, -0.25) is 4.90 Å². The van der Waals surface area contributed by atoms with E-state index in [4.69, 9.17) is 5.73 Å². The quantitative estimate of drug-likeness (QED) is 0.631. The number of rotatable bonds is 5. The zero-order chi connectivity index (χ0) is 18.5. The molecule has 0 radical (unpaired) electrons. The van der Waals surface area contributed by atoms with E-state index in [9.17, 15) is 0 Å². The van der Waals surface area contributed by atoms with Crippen molar-refractivity contribution in [1.82, 2.24) is 4.90 Å². The van der Waals surface area contributed by atoms with Crippen molar-refractivity contribution in [1.29, 1.82) is 0 Å². The molecular formula is C24H27N3. The maximum atomic E-state index is 6.21. The average molecular weight is 358 g/mol. The van der Waals surface area contributed by atoms with E-state index in [1.165, 1.54) is 16.8 Å². The molecule has 0 aromatic heterocycles. The Morgan fingerprint density at radius 3 is 2.15 bits per heavy atom. The molecule has 0 saturated carbocycles. The summed E-state index contributed by atoms with van der Waals surface area (Å²) in [7, 11) is 0. The largest absolute Gasteiger partial charge is 0.398 e. The molecule has 1 saturated heterocycles. The van der Waals surface area contributed by atoms with Gasteiger partial charge < -0.3 is 11.1 Å². The Kier molecular flexibility index (Phi) is 5.40. The SMILES string of the molecule is Nc1ccccc1-c1ccccc1NC1CCN(Cc2ccccc2)CC1. The lowest BCUT2D eigenvalue weighted by molar-refractivity contribution is 0.211. The van der Waals surface area contributed by atoms with Gasteiger partial charge in [-0.05, 0) is 30.5 Å². The Balaban J connectivity index is 1.41. The molecule has 1 aliphatic rings. The van der Waals surface area contributed by atoms with E-state index < -0.39 is 0 Å². The molecule has 1 aliphatic heterocycles. The predicted octanol–water partition coefficient (Wildman–Crippen LogP) is 5.01. The Bertz CT molecular complexity index is 868. The molecule has 0 amide bonds. The van der Waals surface area contributed by atoms with Crippen LogP contribution in [0.1, 0.15) is 18.4 Å². The number of hydrogen-bond donors (Lipinski definition) is 2. The molecule has 4 rings (SSSR count). The zero-order valence-corrected chi connectivity index (χ0v) is 15.6. The maximum absolute atomic E-state index is 6.21. The third-order valence-corrected chi connectivity index (χ3v) is 5.37. The van der Waals surface area contributed by atoms with Gasteiger partial charge in [-0.25, -0.2) is 0 Å². The lowest BCUT2D eigenvalue weighted by atomic mass is 9.99. The minimum Gasteiger partial charge on any atom is -0.398 e. The van der Waals surface area contributed by atoms with Crippen molar-refractivity contribution in [2.75, 3.05) is 24.1 Å². The van der Waals surface area contributed by atoms with Crippen LogP contribution in [-0.2, 0) is 6.54 Å². The highest BCUT2D eigenvalue weighted by Gasteiger charge is 2.20. The second-order valence-corrected chi connectivity index (χ2v) is 7.31. The third-order valence-electron chi connectivity index (χ3n) is 5.37. The zero-order valence-electron chi connectivity index (χ0n) is 15.6. The molecule has 3 aromatic rings. The summed E-state index contributed by atoms with van der Waals surface area (Å²) < 4.78 is 0. The van der Waals surface area contributed by atoms with Gasteiger partial charge in [0.2, 0.25) is 0 Å². The highest BCUT2D eigenvalue weighted by atomic mass is 15.1. The fraction of sp³-hybridized carbons (Fsp3) is 0.250. The average Bonchev–Trinajstić information content (AvgIpc) is 2.71. The predicted molar refractivity (Wildman–Crippen MR) is 115 cm³/mol.